The van der Waals surface area contributed by atoms with E-state index in [0.29, 0.717) is 5.92 Å². The molecule has 1 saturated heterocycles. The van der Waals surface area contributed by atoms with Gasteiger partial charge in [0.25, 0.3) is 0 Å². The minimum absolute atomic E-state index is 0. The minimum Gasteiger partial charge on any atom is -0.338 e. The Kier molecular flexibility index (Phi) is 6.64. The molecular weight excluding hydrogens is 371 g/mol. The number of hydrogen-bond acceptors (Lipinski definition) is 3. The third kappa shape index (κ3) is 4.01. The number of carbonyl (C=O) groups excluding carboxylic acids is 1. The number of benzene rings is 2. The van der Waals surface area contributed by atoms with E-state index in [2.05, 4.69) is 20.6 Å². The SMILES string of the molecule is CC(C(=O)Nc1ccc(-c2nc3ccccc3[nH]2)cc1)C1CNC1.Cl.Cl. The lowest BCUT2D eigenvalue weighted by Crippen LogP contribution is -2.48. The van der Waals surface area contributed by atoms with E-state index >= 15 is 0 Å². The summed E-state index contributed by atoms with van der Waals surface area (Å²) in [6.07, 6.45) is 0. The number of aromatic nitrogens is 2. The number of anilines is 1. The zero-order chi connectivity index (χ0) is 16.5. The highest BCUT2D eigenvalue weighted by Gasteiger charge is 2.28. The molecule has 138 valence electrons. The van der Waals surface area contributed by atoms with Crippen molar-refractivity contribution in [1.29, 1.82) is 0 Å². The molecule has 26 heavy (non-hydrogen) atoms. The van der Waals surface area contributed by atoms with Gasteiger partial charge in [-0.2, -0.15) is 0 Å². The van der Waals surface area contributed by atoms with Gasteiger partial charge in [-0.15, -0.1) is 24.8 Å². The summed E-state index contributed by atoms with van der Waals surface area (Å²) in [6.45, 7) is 3.85. The minimum atomic E-state index is 0. The van der Waals surface area contributed by atoms with Crippen LogP contribution in [0.5, 0.6) is 0 Å². The van der Waals surface area contributed by atoms with Gasteiger partial charge in [0.15, 0.2) is 0 Å². The Labute approximate surface area is 164 Å². The van der Waals surface area contributed by atoms with Gasteiger partial charge in [0.05, 0.1) is 11.0 Å². The van der Waals surface area contributed by atoms with Crippen molar-refractivity contribution in [3.63, 3.8) is 0 Å². The standard InChI is InChI=1S/C19H20N4O.2ClH/c1-12(14-10-20-11-14)19(24)21-15-8-6-13(7-9-15)18-22-16-4-2-3-5-17(16)23-18;;/h2-9,12,14,20H,10-11H2,1H3,(H,21,24)(H,22,23);2*1H. The molecule has 1 aliphatic heterocycles. The maximum atomic E-state index is 12.3. The number of rotatable bonds is 4. The van der Waals surface area contributed by atoms with E-state index in [1.807, 2.05) is 55.5 Å². The summed E-state index contributed by atoms with van der Waals surface area (Å²) in [6, 6.07) is 15.8. The van der Waals surface area contributed by atoms with E-state index < -0.39 is 0 Å². The molecule has 0 saturated carbocycles. The third-order valence-corrected chi connectivity index (χ3v) is 4.75. The Morgan fingerprint density at radius 3 is 2.42 bits per heavy atom. The number of hydrogen-bond donors (Lipinski definition) is 3. The van der Waals surface area contributed by atoms with E-state index in [0.717, 1.165) is 41.2 Å². The van der Waals surface area contributed by atoms with Crippen molar-refractivity contribution >= 4 is 47.4 Å². The van der Waals surface area contributed by atoms with E-state index in [-0.39, 0.29) is 36.6 Å². The smallest absolute Gasteiger partial charge is 0.227 e. The van der Waals surface area contributed by atoms with Crippen LogP contribution in [0.25, 0.3) is 22.4 Å². The molecule has 4 rings (SSSR count). The monoisotopic (exact) mass is 392 g/mol. The first-order valence-electron chi connectivity index (χ1n) is 8.27. The van der Waals surface area contributed by atoms with Gasteiger partial charge in [-0.1, -0.05) is 19.1 Å². The number of para-hydroxylation sites is 2. The average Bonchev–Trinajstić information content (AvgIpc) is 2.98. The predicted octanol–water partition coefficient (Wildman–Crippen LogP) is 3.87. The summed E-state index contributed by atoms with van der Waals surface area (Å²) in [5.74, 6) is 1.39. The number of nitrogens with zero attached hydrogens (tertiary/aromatic N) is 1. The lowest BCUT2D eigenvalue weighted by Gasteiger charge is -2.31. The maximum absolute atomic E-state index is 12.3. The molecule has 3 N–H and O–H groups in total. The first kappa shape index (κ1) is 20.2. The van der Waals surface area contributed by atoms with Gasteiger partial charge in [0, 0.05) is 17.2 Å². The molecule has 1 aromatic heterocycles. The van der Waals surface area contributed by atoms with Gasteiger partial charge in [-0.05, 0) is 55.4 Å². The predicted molar refractivity (Wildman–Crippen MR) is 110 cm³/mol. The van der Waals surface area contributed by atoms with Crippen molar-refractivity contribution in [2.75, 3.05) is 18.4 Å². The van der Waals surface area contributed by atoms with Gasteiger partial charge < -0.3 is 15.6 Å². The van der Waals surface area contributed by atoms with Crippen LogP contribution in [0.2, 0.25) is 0 Å². The van der Waals surface area contributed by atoms with Crippen molar-refractivity contribution in [2.24, 2.45) is 11.8 Å². The summed E-state index contributed by atoms with van der Waals surface area (Å²) in [7, 11) is 0. The van der Waals surface area contributed by atoms with E-state index in [1.165, 1.54) is 0 Å². The maximum Gasteiger partial charge on any atom is 0.227 e. The molecule has 1 atom stereocenters. The van der Waals surface area contributed by atoms with Crippen LogP contribution in [-0.4, -0.2) is 29.0 Å². The number of fused-ring (bicyclic) bond motifs is 1. The fourth-order valence-electron chi connectivity index (χ4n) is 2.94. The Morgan fingerprint density at radius 2 is 1.81 bits per heavy atom. The van der Waals surface area contributed by atoms with Crippen LogP contribution in [0.4, 0.5) is 5.69 Å². The zero-order valence-corrected chi connectivity index (χ0v) is 16.0. The Bertz CT molecular complexity index is 842. The van der Waals surface area contributed by atoms with Crippen molar-refractivity contribution in [1.82, 2.24) is 15.3 Å². The van der Waals surface area contributed by atoms with Crippen molar-refractivity contribution in [3.8, 4) is 11.4 Å². The fourth-order valence-corrected chi connectivity index (χ4v) is 2.94. The number of H-pyrrole nitrogens is 1. The van der Waals surface area contributed by atoms with Crippen molar-refractivity contribution < 1.29 is 4.79 Å². The van der Waals surface area contributed by atoms with Gasteiger partial charge in [-0.3, -0.25) is 4.79 Å². The molecule has 2 aromatic carbocycles. The number of imidazole rings is 1. The van der Waals surface area contributed by atoms with E-state index in [1.54, 1.807) is 0 Å². The Hall–Kier alpha value is -2.08. The van der Waals surface area contributed by atoms with Crippen LogP contribution in [0, 0.1) is 11.8 Å². The van der Waals surface area contributed by atoms with Crippen LogP contribution < -0.4 is 10.6 Å². The van der Waals surface area contributed by atoms with E-state index in [4.69, 9.17) is 0 Å². The fraction of sp³-hybridized carbons (Fsp3) is 0.263. The first-order valence-corrected chi connectivity index (χ1v) is 8.27. The molecule has 1 amide bonds. The second-order valence-corrected chi connectivity index (χ2v) is 6.38. The lowest BCUT2D eigenvalue weighted by atomic mass is 9.88. The van der Waals surface area contributed by atoms with Crippen LogP contribution in [-0.2, 0) is 4.79 Å². The highest BCUT2D eigenvalue weighted by Crippen LogP contribution is 2.23. The van der Waals surface area contributed by atoms with Crippen LogP contribution in [0.1, 0.15) is 6.92 Å². The zero-order valence-electron chi connectivity index (χ0n) is 14.4. The highest BCUT2D eigenvalue weighted by molar-refractivity contribution is 5.93. The van der Waals surface area contributed by atoms with Gasteiger partial charge in [0.1, 0.15) is 5.82 Å². The number of aromatic amines is 1. The summed E-state index contributed by atoms with van der Waals surface area (Å²) < 4.78 is 0. The van der Waals surface area contributed by atoms with Gasteiger partial charge >= 0.3 is 0 Å². The van der Waals surface area contributed by atoms with Crippen LogP contribution in [0.3, 0.4) is 0 Å². The second kappa shape index (κ2) is 8.54. The molecule has 1 unspecified atom stereocenters. The van der Waals surface area contributed by atoms with Crippen molar-refractivity contribution in [2.45, 2.75) is 6.92 Å². The molecule has 5 nitrogen and oxygen atoms in total. The molecule has 0 spiro atoms. The largest absolute Gasteiger partial charge is 0.338 e. The lowest BCUT2D eigenvalue weighted by molar-refractivity contribution is -0.121. The molecule has 1 fully saturated rings. The second-order valence-electron chi connectivity index (χ2n) is 6.38. The van der Waals surface area contributed by atoms with Crippen molar-refractivity contribution in [3.05, 3.63) is 48.5 Å². The Balaban J connectivity index is 0.00000121. The highest BCUT2D eigenvalue weighted by atomic mass is 35.5. The topological polar surface area (TPSA) is 69.8 Å². The molecule has 7 heteroatoms. The summed E-state index contributed by atoms with van der Waals surface area (Å²) in [5.41, 5.74) is 3.79. The first-order chi connectivity index (χ1) is 11.7. The normalized spacial score (nSPS) is 14.7. The Morgan fingerprint density at radius 1 is 1.12 bits per heavy atom. The van der Waals surface area contributed by atoms with Gasteiger partial charge in [-0.25, -0.2) is 4.98 Å². The van der Waals surface area contributed by atoms with Crippen LogP contribution >= 0.6 is 24.8 Å². The summed E-state index contributed by atoms with van der Waals surface area (Å²) >= 11 is 0. The average molecular weight is 393 g/mol. The summed E-state index contributed by atoms with van der Waals surface area (Å²) in [4.78, 5) is 20.2. The molecule has 2 heterocycles. The molecule has 1 aliphatic rings. The number of halogens is 2. The summed E-state index contributed by atoms with van der Waals surface area (Å²) in [5, 5.41) is 6.21. The number of nitrogens with one attached hydrogen (secondary N) is 3. The quantitative estimate of drug-likeness (QED) is 0.630. The molecular formula is C19H22Cl2N4O. The number of amides is 1. The van der Waals surface area contributed by atoms with Crippen LogP contribution in [0.15, 0.2) is 48.5 Å². The number of carbonyl (C=O) groups is 1. The third-order valence-electron chi connectivity index (χ3n) is 4.75. The van der Waals surface area contributed by atoms with E-state index in [9.17, 15) is 4.79 Å². The van der Waals surface area contributed by atoms with Gasteiger partial charge in [0.2, 0.25) is 5.91 Å². The molecule has 0 radical (unpaired) electrons. The molecule has 0 bridgehead atoms. The molecule has 3 aromatic rings. The molecule has 0 aliphatic carbocycles.